The molecule has 0 fully saturated rings. The summed E-state index contributed by atoms with van der Waals surface area (Å²) in [6.45, 7) is 9.03. The smallest absolute Gasteiger partial charge is 0.170 e. The number of hydrogen-bond acceptors (Lipinski definition) is 2. The Balaban J connectivity index is 1.35. The summed E-state index contributed by atoms with van der Waals surface area (Å²) in [7, 11) is 0. The van der Waals surface area contributed by atoms with Crippen molar-refractivity contribution >= 4 is 11.4 Å². The molecule has 0 radical (unpaired) electrons. The van der Waals surface area contributed by atoms with E-state index < -0.39 is 0 Å². The minimum absolute atomic E-state index is 1.10. The van der Waals surface area contributed by atoms with Gasteiger partial charge in [-0.05, 0) is 25.7 Å². The molecular weight excluding hydrogens is 488 g/mol. The highest BCUT2D eigenvalue weighted by atomic mass is 14.9. The summed E-state index contributed by atoms with van der Waals surface area (Å²) in [6.07, 6.45) is 36.0. The Morgan fingerprint density at radius 1 is 0.400 bits per heavy atom. The zero-order chi connectivity index (χ0) is 28.4. The molecule has 0 aliphatic carbocycles. The molecule has 2 rings (SSSR count). The Morgan fingerprint density at radius 3 is 1.05 bits per heavy atom. The van der Waals surface area contributed by atoms with E-state index in [-0.39, 0.29) is 0 Å². The Hall–Kier alpha value is -2.10. The lowest BCUT2D eigenvalue weighted by molar-refractivity contribution is -0.697. The van der Waals surface area contributed by atoms with Gasteiger partial charge in [0.1, 0.15) is 13.1 Å². The van der Waals surface area contributed by atoms with Crippen molar-refractivity contribution in [3.63, 3.8) is 0 Å². The molecule has 4 heteroatoms. The Morgan fingerprint density at radius 2 is 0.700 bits per heavy atom. The molecule has 0 aromatic carbocycles. The van der Waals surface area contributed by atoms with E-state index in [4.69, 9.17) is 0 Å². The predicted octanol–water partition coefficient (Wildman–Crippen LogP) is 9.63. The topological polar surface area (TPSA) is 31.8 Å². The fourth-order valence-electron chi connectivity index (χ4n) is 5.37. The first-order valence-corrected chi connectivity index (χ1v) is 17.3. The highest BCUT2D eigenvalue weighted by Crippen LogP contribution is 2.12. The van der Waals surface area contributed by atoms with Gasteiger partial charge < -0.3 is 10.6 Å². The van der Waals surface area contributed by atoms with Crippen LogP contribution in [0.25, 0.3) is 0 Å². The van der Waals surface area contributed by atoms with Crippen LogP contribution in [0.1, 0.15) is 142 Å². The van der Waals surface area contributed by atoms with Gasteiger partial charge in [0.05, 0.1) is 0 Å². The maximum absolute atomic E-state index is 3.56. The summed E-state index contributed by atoms with van der Waals surface area (Å²) in [5.74, 6) is 0. The second-order valence-corrected chi connectivity index (χ2v) is 11.9. The molecule has 0 amide bonds. The van der Waals surface area contributed by atoms with Gasteiger partial charge in [0.25, 0.3) is 0 Å². The molecule has 0 aliphatic rings. The molecule has 0 spiro atoms. The monoisotopic (exact) mass is 553 g/mol. The first kappa shape index (κ1) is 34.1. The zero-order valence-electron chi connectivity index (χ0n) is 26.5. The normalized spacial score (nSPS) is 11.2. The van der Waals surface area contributed by atoms with Gasteiger partial charge in [-0.1, -0.05) is 104 Å². The van der Waals surface area contributed by atoms with Crippen molar-refractivity contribution in [1.29, 1.82) is 0 Å². The molecule has 0 saturated carbocycles. The molecule has 4 nitrogen and oxygen atoms in total. The summed E-state index contributed by atoms with van der Waals surface area (Å²) in [6, 6.07) is 8.93. The van der Waals surface area contributed by atoms with Crippen molar-refractivity contribution in [2.24, 2.45) is 0 Å². The van der Waals surface area contributed by atoms with Gasteiger partial charge in [-0.25, -0.2) is 9.13 Å². The first-order chi connectivity index (χ1) is 19.8. The SMILES string of the molecule is CCCCCCCNc1cc[n+](CCCCCCCCCCCC[n+]2ccc(NCCCCCCC)cc2)cc1. The third kappa shape index (κ3) is 18.3. The molecule has 2 aromatic rings. The lowest BCUT2D eigenvalue weighted by atomic mass is 10.1. The van der Waals surface area contributed by atoms with Gasteiger partial charge in [0.2, 0.25) is 0 Å². The minimum atomic E-state index is 1.10. The maximum atomic E-state index is 3.56. The molecule has 2 N–H and O–H groups in total. The third-order valence-corrected chi connectivity index (χ3v) is 8.08. The van der Waals surface area contributed by atoms with Crippen LogP contribution in [-0.4, -0.2) is 13.1 Å². The number of unbranched alkanes of at least 4 members (excludes halogenated alkanes) is 17. The van der Waals surface area contributed by atoms with Gasteiger partial charge in [0, 0.05) is 61.6 Å². The van der Waals surface area contributed by atoms with E-state index in [2.05, 4.69) is 82.7 Å². The molecule has 2 heterocycles. The number of nitrogens with zero attached hydrogens (tertiary/aromatic N) is 2. The summed E-state index contributed by atoms with van der Waals surface area (Å²) in [4.78, 5) is 0. The van der Waals surface area contributed by atoms with Crippen LogP contribution in [0.15, 0.2) is 49.1 Å². The van der Waals surface area contributed by atoms with Gasteiger partial charge >= 0.3 is 0 Å². The summed E-state index contributed by atoms with van der Waals surface area (Å²) in [5.41, 5.74) is 2.52. The number of nitrogens with one attached hydrogen (secondary N) is 2. The first-order valence-electron chi connectivity index (χ1n) is 17.3. The molecule has 226 valence electrons. The van der Waals surface area contributed by atoms with E-state index >= 15 is 0 Å². The lowest BCUT2D eigenvalue weighted by Crippen LogP contribution is -2.32. The Labute approximate surface area is 248 Å². The molecule has 2 aromatic heterocycles. The predicted molar refractivity (Wildman–Crippen MR) is 174 cm³/mol. The minimum Gasteiger partial charge on any atom is -0.385 e. The van der Waals surface area contributed by atoms with Crippen molar-refractivity contribution in [3.8, 4) is 0 Å². The number of rotatable bonds is 27. The quantitative estimate of drug-likeness (QED) is 0.0854. The second-order valence-electron chi connectivity index (χ2n) is 11.9. The summed E-state index contributed by atoms with van der Waals surface area (Å²) in [5, 5.41) is 7.13. The highest BCUT2D eigenvalue weighted by molar-refractivity contribution is 5.40. The van der Waals surface area contributed by atoms with E-state index in [0.717, 1.165) is 26.2 Å². The number of aryl methyl sites for hydroxylation is 2. The van der Waals surface area contributed by atoms with Gasteiger partial charge in [-0.3, -0.25) is 0 Å². The van der Waals surface area contributed by atoms with E-state index in [0.29, 0.717) is 0 Å². The van der Waals surface area contributed by atoms with Crippen molar-refractivity contribution in [3.05, 3.63) is 49.1 Å². The van der Waals surface area contributed by atoms with E-state index in [9.17, 15) is 0 Å². The van der Waals surface area contributed by atoms with Crippen LogP contribution < -0.4 is 19.8 Å². The second kappa shape index (κ2) is 24.7. The number of pyridine rings is 2. The average Bonchev–Trinajstić information content (AvgIpc) is 2.98. The largest absolute Gasteiger partial charge is 0.385 e. The van der Waals surface area contributed by atoms with E-state index in [1.54, 1.807) is 0 Å². The van der Waals surface area contributed by atoms with Gasteiger partial charge in [-0.2, -0.15) is 0 Å². The van der Waals surface area contributed by atoms with Crippen LogP contribution in [0.5, 0.6) is 0 Å². The molecule has 0 saturated heterocycles. The van der Waals surface area contributed by atoms with Crippen LogP contribution >= 0.6 is 0 Å². The molecule has 0 bridgehead atoms. The van der Waals surface area contributed by atoms with Crippen LogP contribution in [0, 0.1) is 0 Å². The van der Waals surface area contributed by atoms with Crippen LogP contribution in [0.4, 0.5) is 11.4 Å². The highest BCUT2D eigenvalue weighted by Gasteiger charge is 2.03. The molecule has 0 aliphatic heterocycles. The fraction of sp³-hybridized carbons (Fsp3) is 0.722. The molecular formula is C36H64N4+2. The fourth-order valence-corrected chi connectivity index (χ4v) is 5.37. The molecule has 0 unspecified atom stereocenters. The van der Waals surface area contributed by atoms with Gasteiger partial charge in [0.15, 0.2) is 24.8 Å². The van der Waals surface area contributed by atoms with E-state index in [1.165, 1.54) is 140 Å². The standard InChI is InChI=1S/C36H62N4/c1-3-5-7-15-19-27-37-35-23-31-39(32-24-35)29-21-17-13-11-9-10-12-14-18-22-30-40-33-25-36(26-34-40)38-28-20-16-8-6-4-2/h23-26,31-34H,3-22,27-30H2,1-2H3/p+2. The van der Waals surface area contributed by atoms with Crippen molar-refractivity contribution in [1.82, 2.24) is 0 Å². The Bertz CT molecular complexity index is 733. The summed E-state index contributed by atoms with van der Waals surface area (Å²) >= 11 is 0. The van der Waals surface area contributed by atoms with Crippen LogP contribution in [0.3, 0.4) is 0 Å². The maximum Gasteiger partial charge on any atom is 0.170 e. The number of anilines is 2. The van der Waals surface area contributed by atoms with Crippen LogP contribution in [-0.2, 0) is 13.1 Å². The zero-order valence-corrected chi connectivity index (χ0v) is 26.5. The number of hydrogen-bond donors (Lipinski definition) is 2. The summed E-state index contributed by atoms with van der Waals surface area (Å²) < 4.78 is 4.68. The van der Waals surface area contributed by atoms with E-state index in [1.807, 2.05) is 0 Å². The van der Waals surface area contributed by atoms with Crippen molar-refractivity contribution in [2.75, 3.05) is 23.7 Å². The lowest BCUT2D eigenvalue weighted by Gasteiger charge is -2.06. The van der Waals surface area contributed by atoms with Crippen LogP contribution in [0.2, 0.25) is 0 Å². The molecule has 40 heavy (non-hydrogen) atoms. The van der Waals surface area contributed by atoms with Gasteiger partial charge in [-0.15, -0.1) is 0 Å². The number of aromatic nitrogens is 2. The molecule has 0 atom stereocenters. The Kier molecular flexibility index (Phi) is 21.0. The van der Waals surface area contributed by atoms with Crippen molar-refractivity contribution < 1.29 is 9.13 Å². The third-order valence-electron chi connectivity index (χ3n) is 8.08. The van der Waals surface area contributed by atoms with Crippen molar-refractivity contribution in [2.45, 2.75) is 155 Å². The average molecular weight is 553 g/mol.